The Balaban J connectivity index is 0.00000218. The molecule has 1 saturated heterocycles. The first-order valence-corrected chi connectivity index (χ1v) is 12.1. The molecule has 1 amide bonds. The van der Waals surface area contributed by atoms with Crippen LogP contribution in [0.3, 0.4) is 0 Å². The number of benzene rings is 1. The number of likely N-dealkylation sites (tertiary alicyclic amines) is 1. The summed E-state index contributed by atoms with van der Waals surface area (Å²) in [5.74, 6) is 2.78. The number of aryl methyl sites for hydroxylation is 1. The monoisotopic (exact) mass is 430 g/mol. The molecular formula is C26H39ClN2O. The van der Waals surface area contributed by atoms with Gasteiger partial charge in [0.05, 0.1) is 5.41 Å². The Labute approximate surface area is 188 Å². The Morgan fingerprint density at radius 3 is 2.30 bits per heavy atom. The van der Waals surface area contributed by atoms with Crippen LogP contribution in [0.25, 0.3) is 0 Å². The van der Waals surface area contributed by atoms with Crippen LogP contribution in [0.5, 0.6) is 0 Å². The highest BCUT2D eigenvalue weighted by Crippen LogP contribution is 2.66. The normalized spacial score (nSPS) is 35.3. The van der Waals surface area contributed by atoms with Gasteiger partial charge in [-0.05, 0) is 100 Å². The maximum atomic E-state index is 13.9. The van der Waals surface area contributed by atoms with Crippen LogP contribution in [-0.2, 0) is 10.2 Å². The number of hydrogen-bond acceptors (Lipinski definition) is 2. The molecule has 0 spiro atoms. The lowest BCUT2D eigenvalue weighted by atomic mass is 9.42. The minimum absolute atomic E-state index is 0. The minimum atomic E-state index is -0.0660. The molecule has 166 valence electrons. The van der Waals surface area contributed by atoms with Gasteiger partial charge in [0.1, 0.15) is 0 Å². The number of hydrogen-bond donors (Lipinski definition) is 1. The van der Waals surface area contributed by atoms with Gasteiger partial charge in [-0.1, -0.05) is 36.8 Å². The van der Waals surface area contributed by atoms with Gasteiger partial charge in [0.15, 0.2) is 0 Å². The highest BCUT2D eigenvalue weighted by molar-refractivity contribution is 5.85. The predicted octanol–water partition coefficient (Wildman–Crippen LogP) is 5.10. The molecular weight excluding hydrogens is 392 g/mol. The van der Waals surface area contributed by atoms with Gasteiger partial charge in [-0.2, -0.15) is 0 Å². The lowest BCUT2D eigenvalue weighted by Gasteiger charge is -2.62. The van der Waals surface area contributed by atoms with Gasteiger partial charge >= 0.3 is 0 Å². The minimum Gasteiger partial charge on any atom is -0.342 e. The SMILES string of the molecule is CCNCC1CCN(C(=O)C23CC4CC(C2)CC(c2ccc(C)cc2)(C4)C3)CC1.Cl. The number of carbonyl (C=O) groups is 1. The largest absolute Gasteiger partial charge is 0.342 e. The molecule has 30 heavy (non-hydrogen) atoms. The van der Waals surface area contributed by atoms with Crippen molar-refractivity contribution >= 4 is 18.3 Å². The Bertz CT molecular complexity index is 739. The molecule has 6 rings (SSSR count). The van der Waals surface area contributed by atoms with Crippen molar-refractivity contribution in [3.8, 4) is 0 Å². The Morgan fingerprint density at radius 2 is 1.70 bits per heavy atom. The Morgan fingerprint density at radius 1 is 1.07 bits per heavy atom. The molecule has 5 aliphatic rings. The highest BCUT2D eigenvalue weighted by Gasteiger charge is 2.61. The van der Waals surface area contributed by atoms with Crippen LogP contribution >= 0.6 is 12.4 Å². The zero-order valence-corrected chi connectivity index (χ0v) is 19.6. The van der Waals surface area contributed by atoms with E-state index < -0.39 is 0 Å². The van der Waals surface area contributed by atoms with Crippen molar-refractivity contribution in [3.05, 3.63) is 35.4 Å². The molecule has 1 N–H and O–H groups in total. The number of carbonyl (C=O) groups excluding carboxylic acids is 1. The van der Waals surface area contributed by atoms with Gasteiger partial charge in [0.2, 0.25) is 5.91 Å². The van der Waals surface area contributed by atoms with Gasteiger partial charge in [0, 0.05) is 13.1 Å². The Hall–Kier alpha value is -1.06. The molecule has 4 bridgehead atoms. The summed E-state index contributed by atoms with van der Waals surface area (Å²) >= 11 is 0. The van der Waals surface area contributed by atoms with Crippen molar-refractivity contribution in [2.45, 2.75) is 70.6 Å². The second kappa shape index (κ2) is 8.47. The topological polar surface area (TPSA) is 32.3 Å². The van der Waals surface area contributed by atoms with E-state index in [4.69, 9.17) is 0 Å². The fraction of sp³-hybridized carbons (Fsp3) is 0.731. The zero-order chi connectivity index (χ0) is 20.1. The quantitative estimate of drug-likeness (QED) is 0.704. The van der Waals surface area contributed by atoms with Gasteiger partial charge in [0.25, 0.3) is 0 Å². The van der Waals surface area contributed by atoms with Gasteiger partial charge in [-0.25, -0.2) is 0 Å². The van der Waals surface area contributed by atoms with E-state index in [0.29, 0.717) is 5.91 Å². The third-order valence-electron chi connectivity index (χ3n) is 8.76. The number of nitrogens with one attached hydrogen (secondary N) is 1. The molecule has 1 aromatic rings. The molecule has 5 fully saturated rings. The predicted molar refractivity (Wildman–Crippen MR) is 125 cm³/mol. The fourth-order valence-electron chi connectivity index (χ4n) is 7.78. The molecule has 3 nitrogen and oxygen atoms in total. The maximum absolute atomic E-state index is 13.9. The van der Waals surface area contributed by atoms with E-state index in [1.54, 1.807) is 0 Å². The summed E-state index contributed by atoms with van der Waals surface area (Å²) < 4.78 is 0. The van der Waals surface area contributed by atoms with E-state index in [2.05, 4.69) is 48.3 Å². The summed E-state index contributed by atoms with van der Waals surface area (Å²) in [6, 6.07) is 9.29. The number of amides is 1. The average molecular weight is 431 g/mol. The molecule has 1 aromatic carbocycles. The van der Waals surface area contributed by atoms with Crippen molar-refractivity contribution in [3.63, 3.8) is 0 Å². The van der Waals surface area contributed by atoms with Crippen LogP contribution < -0.4 is 5.32 Å². The Kier molecular flexibility index (Phi) is 6.25. The third kappa shape index (κ3) is 3.81. The maximum Gasteiger partial charge on any atom is 0.228 e. The van der Waals surface area contributed by atoms with Crippen LogP contribution in [0.15, 0.2) is 24.3 Å². The lowest BCUT2D eigenvalue weighted by Crippen LogP contribution is -2.60. The van der Waals surface area contributed by atoms with Crippen molar-refractivity contribution in [2.24, 2.45) is 23.2 Å². The average Bonchev–Trinajstić information content (AvgIpc) is 2.71. The standard InChI is InChI=1S/C26H38N2O.ClH/c1-3-27-17-20-8-10-28(11-9-20)24(29)26-15-21-12-22(16-26)14-25(13-21,18-26)23-6-4-19(2)5-7-23;/h4-7,20-22,27H,3,8-18H2,1-2H3;1H. The molecule has 0 radical (unpaired) electrons. The highest BCUT2D eigenvalue weighted by atomic mass is 35.5. The van der Waals surface area contributed by atoms with Crippen LogP contribution in [0.1, 0.15) is 69.4 Å². The van der Waals surface area contributed by atoms with Crippen LogP contribution in [0, 0.1) is 30.1 Å². The molecule has 4 aliphatic carbocycles. The van der Waals surface area contributed by atoms with Crippen molar-refractivity contribution < 1.29 is 4.79 Å². The van der Waals surface area contributed by atoms with E-state index in [1.807, 2.05) is 0 Å². The molecule has 4 heteroatoms. The number of nitrogens with zero attached hydrogens (tertiary/aromatic N) is 1. The first kappa shape index (κ1) is 22.1. The summed E-state index contributed by atoms with van der Waals surface area (Å²) in [7, 11) is 0. The van der Waals surface area contributed by atoms with E-state index in [1.165, 1.54) is 43.2 Å². The number of piperidine rings is 1. The zero-order valence-electron chi connectivity index (χ0n) is 18.8. The molecule has 1 aliphatic heterocycles. The summed E-state index contributed by atoms with van der Waals surface area (Å²) in [5, 5.41) is 3.49. The summed E-state index contributed by atoms with van der Waals surface area (Å²) in [5.41, 5.74) is 3.05. The van der Waals surface area contributed by atoms with Crippen molar-refractivity contribution in [1.82, 2.24) is 10.2 Å². The molecule has 2 atom stereocenters. The van der Waals surface area contributed by atoms with E-state index >= 15 is 0 Å². The van der Waals surface area contributed by atoms with Gasteiger partial charge in [-0.3, -0.25) is 4.79 Å². The van der Waals surface area contributed by atoms with Crippen molar-refractivity contribution in [2.75, 3.05) is 26.2 Å². The van der Waals surface area contributed by atoms with Crippen LogP contribution in [-0.4, -0.2) is 37.0 Å². The van der Waals surface area contributed by atoms with Gasteiger partial charge in [-0.15, -0.1) is 12.4 Å². The first-order valence-electron chi connectivity index (χ1n) is 12.1. The summed E-state index contributed by atoms with van der Waals surface area (Å²) in [6.07, 6.45) is 9.76. The van der Waals surface area contributed by atoms with E-state index in [0.717, 1.165) is 63.2 Å². The van der Waals surface area contributed by atoms with E-state index in [-0.39, 0.29) is 23.2 Å². The second-order valence-electron chi connectivity index (χ2n) is 10.9. The number of halogens is 1. The smallest absolute Gasteiger partial charge is 0.228 e. The van der Waals surface area contributed by atoms with Crippen molar-refractivity contribution in [1.29, 1.82) is 0 Å². The molecule has 1 heterocycles. The lowest BCUT2D eigenvalue weighted by molar-refractivity contribution is -0.161. The molecule has 2 unspecified atom stereocenters. The van der Waals surface area contributed by atoms with Crippen LogP contribution in [0.4, 0.5) is 0 Å². The second-order valence-corrected chi connectivity index (χ2v) is 10.9. The summed E-state index contributed by atoms with van der Waals surface area (Å²) in [6.45, 7) is 8.47. The molecule has 0 aromatic heterocycles. The third-order valence-corrected chi connectivity index (χ3v) is 8.76. The van der Waals surface area contributed by atoms with Gasteiger partial charge < -0.3 is 10.2 Å². The van der Waals surface area contributed by atoms with Crippen LogP contribution in [0.2, 0.25) is 0 Å². The first-order chi connectivity index (χ1) is 14.0. The molecule has 4 saturated carbocycles. The summed E-state index contributed by atoms with van der Waals surface area (Å²) in [4.78, 5) is 16.2. The fourth-order valence-corrected chi connectivity index (χ4v) is 7.78. The number of rotatable bonds is 5. The van der Waals surface area contributed by atoms with E-state index in [9.17, 15) is 4.79 Å².